The van der Waals surface area contributed by atoms with Gasteiger partial charge in [-0.3, -0.25) is 4.90 Å². The second-order valence-corrected chi connectivity index (χ2v) is 5.48. The first-order chi connectivity index (χ1) is 9.26. The number of hydrogen-bond acceptors (Lipinski definition) is 3. The monoisotopic (exact) mass is 263 g/mol. The van der Waals surface area contributed by atoms with E-state index >= 15 is 0 Å². The van der Waals surface area contributed by atoms with Crippen LogP contribution in [0.4, 0.5) is 0 Å². The van der Waals surface area contributed by atoms with E-state index in [2.05, 4.69) is 24.0 Å². The lowest BCUT2D eigenvalue weighted by atomic mass is 9.92. The molecule has 0 saturated carbocycles. The number of aliphatic hydroxyl groups excluding tert-OH is 2. The Bertz CT molecular complexity index is 368. The van der Waals surface area contributed by atoms with E-state index in [1.54, 1.807) is 0 Å². The zero-order valence-electron chi connectivity index (χ0n) is 11.7. The van der Waals surface area contributed by atoms with Gasteiger partial charge in [-0.1, -0.05) is 43.7 Å². The van der Waals surface area contributed by atoms with Crippen molar-refractivity contribution in [2.45, 2.75) is 50.8 Å². The lowest BCUT2D eigenvalue weighted by molar-refractivity contribution is -0.0106. The molecule has 1 aromatic carbocycles. The van der Waals surface area contributed by atoms with Crippen molar-refractivity contribution in [3.8, 4) is 0 Å². The van der Waals surface area contributed by atoms with Crippen LogP contribution in [0.2, 0.25) is 0 Å². The zero-order chi connectivity index (χ0) is 13.7. The Morgan fingerprint density at radius 2 is 2.00 bits per heavy atom. The number of piperidine rings is 1. The van der Waals surface area contributed by atoms with Crippen molar-refractivity contribution >= 4 is 0 Å². The largest absolute Gasteiger partial charge is 0.394 e. The van der Waals surface area contributed by atoms with Crippen molar-refractivity contribution in [1.82, 2.24) is 4.90 Å². The molecule has 0 radical (unpaired) electrons. The molecule has 3 heteroatoms. The summed E-state index contributed by atoms with van der Waals surface area (Å²) >= 11 is 0. The van der Waals surface area contributed by atoms with Crippen LogP contribution in [0.25, 0.3) is 0 Å². The summed E-state index contributed by atoms with van der Waals surface area (Å²) in [6.07, 6.45) is 3.93. The highest BCUT2D eigenvalue weighted by atomic mass is 16.3. The third kappa shape index (κ3) is 3.56. The summed E-state index contributed by atoms with van der Waals surface area (Å²) in [7, 11) is 0. The molecule has 0 amide bonds. The maximum atomic E-state index is 9.93. The van der Waals surface area contributed by atoms with E-state index in [4.69, 9.17) is 0 Å². The zero-order valence-corrected chi connectivity index (χ0v) is 11.7. The summed E-state index contributed by atoms with van der Waals surface area (Å²) in [6, 6.07) is 10.6. The van der Waals surface area contributed by atoms with Crippen molar-refractivity contribution in [3.05, 3.63) is 35.9 Å². The van der Waals surface area contributed by atoms with Gasteiger partial charge in [-0.05, 0) is 24.8 Å². The van der Waals surface area contributed by atoms with Gasteiger partial charge in [0.15, 0.2) is 0 Å². The van der Waals surface area contributed by atoms with Gasteiger partial charge in [0, 0.05) is 12.6 Å². The molecule has 0 spiro atoms. The van der Waals surface area contributed by atoms with Crippen LogP contribution in [0.15, 0.2) is 30.3 Å². The van der Waals surface area contributed by atoms with Gasteiger partial charge in [-0.2, -0.15) is 0 Å². The predicted molar refractivity (Wildman–Crippen MR) is 76.9 cm³/mol. The lowest BCUT2D eigenvalue weighted by Gasteiger charge is -2.42. The molecule has 2 rings (SSSR count). The Morgan fingerprint density at radius 3 is 2.63 bits per heavy atom. The number of aliphatic hydroxyl groups is 2. The Balaban J connectivity index is 2.18. The highest BCUT2D eigenvalue weighted by Gasteiger charge is 2.32. The molecule has 1 heterocycles. The maximum Gasteiger partial charge on any atom is 0.0668 e. The topological polar surface area (TPSA) is 43.7 Å². The standard InChI is InChI=1S/C16H25NO2/c1-2-6-14-9-10-15(19)11-17(14)16(12-18)13-7-4-3-5-8-13/h3-5,7-8,14-16,18-19H,2,6,9-12H2,1H3/t14-,15+,16+/m1/s1. The van der Waals surface area contributed by atoms with E-state index in [-0.39, 0.29) is 18.8 Å². The molecule has 0 aliphatic carbocycles. The van der Waals surface area contributed by atoms with Crippen LogP contribution >= 0.6 is 0 Å². The maximum absolute atomic E-state index is 9.93. The van der Waals surface area contributed by atoms with Crippen LogP contribution in [-0.4, -0.2) is 40.4 Å². The number of rotatable bonds is 5. The first-order valence-electron chi connectivity index (χ1n) is 7.35. The molecular formula is C16H25NO2. The minimum atomic E-state index is -0.258. The third-order valence-electron chi connectivity index (χ3n) is 4.10. The van der Waals surface area contributed by atoms with E-state index in [1.807, 2.05) is 18.2 Å². The van der Waals surface area contributed by atoms with Crippen LogP contribution in [0.5, 0.6) is 0 Å². The fraction of sp³-hybridized carbons (Fsp3) is 0.625. The van der Waals surface area contributed by atoms with Gasteiger partial charge in [-0.15, -0.1) is 0 Å². The van der Waals surface area contributed by atoms with Gasteiger partial charge in [0.25, 0.3) is 0 Å². The Hall–Kier alpha value is -0.900. The van der Waals surface area contributed by atoms with Gasteiger partial charge in [0.1, 0.15) is 0 Å². The van der Waals surface area contributed by atoms with Gasteiger partial charge < -0.3 is 10.2 Å². The summed E-state index contributed by atoms with van der Waals surface area (Å²) in [5.41, 5.74) is 1.14. The average Bonchev–Trinajstić information content (AvgIpc) is 2.44. The van der Waals surface area contributed by atoms with Crippen LogP contribution in [0.1, 0.15) is 44.2 Å². The normalized spacial score (nSPS) is 26.3. The molecule has 3 nitrogen and oxygen atoms in total. The summed E-state index contributed by atoms with van der Waals surface area (Å²) in [4.78, 5) is 2.30. The molecule has 1 aliphatic rings. The molecule has 1 aliphatic heterocycles. The number of benzene rings is 1. The van der Waals surface area contributed by atoms with Crippen molar-refractivity contribution in [2.24, 2.45) is 0 Å². The molecule has 1 saturated heterocycles. The molecule has 0 aromatic heterocycles. The second-order valence-electron chi connectivity index (χ2n) is 5.48. The summed E-state index contributed by atoms with van der Waals surface area (Å²) in [5, 5.41) is 19.7. The van der Waals surface area contributed by atoms with Gasteiger partial charge >= 0.3 is 0 Å². The van der Waals surface area contributed by atoms with Crippen LogP contribution in [0.3, 0.4) is 0 Å². The number of likely N-dealkylation sites (tertiary alicyclic amines) is 1. The Labute approximate surface area is 115 Å². The van der Waals surface area contributed by atoms with Gasteiger partial charge in [-0.25, -0.2) is 0 Å². The molecule has 0 bridgehead atoms. The molecule has 2 N–H and O–H groups in total. The van der Waals surface area contributed by atoms with E-state index in [0.717, 1.165) is 31.2 Å². The average molecular weight is 263 g/mol. The summed E-state index contributed by atoms with van der Waals surface area (Å²) < 4.78 is 0. The number of nitrogens with zero attached hydrogens (tertiary/aromatic N) is 1. The Kier molecular flexibility index (Phi) is 5.37. The minimum Gasteiger partial charge on any atom is -0.394 e. The van der Waals surface area contributed by atoms with Crippen LogP contribution in [-0.2, 0) is 0 Å². The van der Waals surface area contributed by atoms with E-state index in [1.165, 1.54) is 0 Å². The van der Waals surface area contributed by atoms with E-state index in [0.29, 0.717) is 12.6 Å². The lowest BCUT2D eigenvalue weighted by Crippen LogP contribution is -2.48. The van der Waals surface area contributed by atoms with Crippen LogP contribution in [0, 0.1) is 0 Å². The second kappa shape index (κ2) is 7.04. The fourth-order valence-corrected chi connectivity index (χ4v) is 3.14. The smallest absolute Gasteiger partial charge is 0.0668 e. The van der Waals surface area contributed by atoms with Crippen molar-refractivity contribution in [3.63, 3.8) is 0 Å². The number of hydrogen-bond donors (Lipinski definition) is 2. The quantitative estimate of drug-likeness (QED) is 0.857. The summed E-state index contributed by atoms with van der Waals surface area (Å²) in [5.74, 6) is 0. The molecule has 0 unspecified atom stereocenters. The third-order valence-corrected chi connectivity index (χ3v) is 4.10. The van der Waals surface area contributed by atoms with Crippen molar-refractivity contribution in [2.75, 3.05) is 13.2 Å². The summed E-state index contributed by atoms with van der Waals surface area (Å²) in [6.45, 7) is 2.97. The first kappa shape index (κ1) is 14.5. The predicted octanol–water partition coefficient (Wildman–Crippen LogP) is 2.35. The van der Waals surface area contributed by atoms with Crippen molar-refractivity contribution < 1.29 is 10.2 Å². The molecular weight excluding hydrogens is 238 g/mol. The highest BCUT2D eigenvalue weighted by molar-refractivity contribution is 5.19. The van der Waals surface area contributed by atoms with Crippen molar-refractivity contribution in [1.29, 1.82) is 0 Å². The van der Waals surface area contributed by atoms with Crippen LogP contribution < -0.4 is 0 Å². The SMILES string of the molecule is CCC[C@@H]1CC[C@H](O)CN1[C@@H](CO)c1ccccc1. The highest BCUT2D eigenvalue weighted by Crippen LogP contribution is 2.30. The molecule has 1 aromatic rings. The molecule has 3 atom stereocenters. The Morgan fingerprint density at radius 1 is 1.26 bits per heavy atom. The van der Waals surface area contributed by atoms with E-state index < -0.39 is 0 Å². The molecule has 19 heavy (non-hydrogen) atoms. The minimum absolute atomic E-state index is 0.00713. The molecule has 1 fully saturated rings. The fourth-order valence-electron chi connectivity index (χ4n) is 3.14. The molecule has 106 valence electrons. The van der Waals surface area contributed by atoms with Gasteiger partial charge in [0.05, 0.1) is 18.8 Å². The number of β-amino-alcohol motifs (C(OH)–C–C–N with tert-alkyl or cyclic N) is 1. The van der Waals surface area contributed by atoms with E-state index in [9.17, 15) is 10.2 Å². The first-order valence-corrected chi connectivity index (χ1v) is 7.35. The van der Waals surface area contributed by atoms with Gasteiger partial charge in [0.2, 0.25) is 0 Å².